The van der Waals surface area contributed by atoms with Gasteiger partial charge in [0, 0.05) is 18.0 Å². The molecule has 0 unspecified atom stereocenters. The van der Waals surface area contributed by atoms with Crippen molar-refractivity contribution in [3.05, 3.63) is 77.6 Å². The fraction of sp³-hybridized carbons (Fsp3) is 0.346. The quantitative estimate of drug-likeness (QED) is 0.183. The van der Waals surface area contributed by atoms with Gasteiger partial charge in [0.15, 0.2) is 5.82 Å². The molecule has 0 saturated carbocycles. The fourth-order valence-corrected chi connectivity index (χ4v) is 3.38. The van der Waals surface area contributed by atoms with Crippen molar-refractivity contribution in [3.63, 3.8) is 0 Å². The van der Waals surface area contributed by atoms with Gasteiger partial charge in [-0.1, -0.05) is 39.0 Å². The number of unbranched alkanes of at least 4 members (excludes halogenated alkanes) is 5. The van der Waals surface area contributed by atoms with Crippen LogP contribution in [0.3, 0.4) is 0 Å². The minimum atomic E-state index is -4.45. The maximum atomic E-state index is 12.6. The predicted octanol–water partition coefficient (Wildman–Crippen LogP) is 7.28. The number of esters is 1. The Hall–Kier alpha value is -3.22. The Labute approximate surface area is 191 Å². The second kappa shape index (κ2) is 11.6. The van der Waals surface area contributed by atoms with E-state index in [0.717, 1.165) is 48.2 Å². The summed E-state index contributed by atoms with van der Waals surface area (Å²) in [7, 11) is 0. The third-order valence-electron chi connectivity index (χ3n) is 5.30. The van der Waals surface area contributed by atoms with Crippen LogP contribution in [-0.2, 0) is 12.6 Å². The number of hydrogen-bond acceptors (Lipinski definition) is 4. The van der Waals surface area contributed by atoms with Crippen molar-refractivity contribution in [2.45, 2.75) is 58.0 Å². The lowest BCUT2D eigenvalue weighted by Crippen LogP contribution is -2.10. The summed E-state index contributed by atoms with van der Waals surface area (Å²) in [6.07, 6.45) is 7.64. The van der Waals surface area contributed by atoms with Crippen LogP contribution in [0.2, 0.25) is 0 Å². The van der Waals surface area contributed by atoms with Gasteiger partial charge in [0.1, 0.15) is 5.75 Å². The third-order valence-corrected chi connectivity index (χ3v) is 5.30. The van der Waals surface area contributed by atoms with Crippen LogP contribution in [0, 0.1) is 0 Å². The van der Waals surface area contributed by atoms with Gasteiger partial charge in [-0.05, 0) is 66.9 Å². The van der Waals surface area contributed by atoms with Gasteiger partial charge in [-0.3, -0.25) is 0 Å². The van der Waals surface area contributed by atoms with Crippen LogP contribution in [-0.4, -0.2) is 15.9 Å². The lowest BCUT2D eigenvalue weighted by molar-refractivity contribution is -0.137. The van der Waals surface area contributed by atoms with Crippen LogP contribution in [0.25, 0.3) is 11.4 Å². The molecular formula is C26H27F3N2O2. The normalized spacial score (nSPS) is 11.4. The highest BCUT2D eigenvalue weighted by molar-refractivity contribution is 5.91. The number of carbonyl (C=O) groups excluding carboxylic acids is 1. The minimum absolute atomic E-state index is 0.0383. The molecule has 0 fully saturated rings. The molecule has 0 bridgehead atoms. The van der Waals surface area contributed by atoms with Crippen molar-refractivity contribution in [2.24, 2.45) is 0 Å². The molecule has 0 N–H and O–H groups in total. The van der Waals surface area contributed by atoms with Gasteiger partial charge < -0.3 is 4.74 Å². The Balaban J connectivity index is 1.53. The molecule has 1 aromatic heterocycles. The summed E-state index contributed by atoms with van der Waals surface area (Å²) in [5.74, 6) is 0.123. The van der Waals surface area contributed by atoms with Gasteiger partial charge in [0.05, 0.1) is 11.1 Å². The molecule has 7 heteroatoms. The summed E-state index contributed by atoms with van der Waals surface area (Å²) < 4.78 is 43.2. The third kappa shape index (κ3) is 7.41. The molecule has 1 heterocycles. The molecule has 0 aliphatic heterocycles. The lowest BCUT2D eigenvalue weighted by atomic mass is 10.1. The number of hydrogen-bond donors (Lipinski definition) is 0. The van der Waals surface area contributed by atoms with Gasteiger partial charge in [0.2, 0.25) is 0 Å². The number of aryl methyl sites for hydroxylation is 1. The predicted molar refractivity (Wildman–Crippen MR) is 121 cm³/mol. The second-order valence-corrected chi connectivity index (χ2v) is 7.92. The molecule has 0 radical (unpaired) electrons. The van der Waals surface area contributed by atoms with Crippen LogP contribution in [0.1, 0.15) is 66.9 Å². The maximum absolute atomic E-state index is 12.6. The topological polar surface area (TPSA) is 52.1 Å². The van der Waals surface area contributed by atoms with E-state index in [4.69, 9.17) is 4.74 Å². The van der Waals surface area contributed by atoms with Gasteiger partial charge in [-0.2, -0.15) is 13.2 Å². The maximum Gasteiger partial charge on any atom is 0.416 e. The molecule has 0 saturated heterocycles. The number of alkyl halides is 3. The zero-order chi connectivity index (χ0) is 23.7. The number of nitrogens with zero attached hydrogens (tertiary/aromatic N) is 2. The molecular weight excluding hydrogens is 429 g/mol. The van der Waals surface area contributed by atoms with E-state index in [1.54, 1.807) is 24.3 Å². The SMILES string of the molecule is CCCCCCCCc1cnc(-c2ccc(OC(=O)c3ccc(C(F)(F)F)cc3)cc2)nc1. The molecule has 2 aromatic carbocycles. The highest BCUT2D eigenvalue weighted by Crippen LogP contribution is 2.29. The average molecular weight is 457 g/mol. The van der Waals surface area contributed by atoms with Crippen molar-refractivity contribution >= 4 is 5.97 Å². The van der Waals surface area contributed by atoms with Crippen LogP contribution in [0.15, 0.2) is 60.9 Å². The van der Waals surface area contributed by atoms with Crippen LogP contribution >= 0.6 is 0 Å². The summed E-state index contributed by atoms with van der Waals surface area (Å²) in [5.41, 5.74) is 1.10. The number of rotatable bonds is 10. The zero-order valence-corrected chi connectivity index (χ0v) is 18.6. The number of aromatic nitrogens is 2. The molecule has 33 heavy (non-hydrogen) atoms. The Morgan fingerprint density at radius 2 is 1.45 bits per heavy atom. The Morgan fingerprint density at radius 1 is 0.848 bits per heavy atom. The standard InChI is InChI=1S/C26H27F3N2O2/c1-2-3-4-5-6-7-8-19-17-30-24(31-18-19)20-11-15-23(16-12-20)33-25(32)21-9-13-22(14-10-21)26(27,28)29/h9-18H,2-8H2,1H3. The zero-order valence-electron chi connectivity index (χ0n) is 18.6. The molecule has 0 amide bonds. The molecule has 0 aliphatic carbocycles. The largest absolute Gasteiger partial charge is 0.423 e. The van der Waals surface area contributed by atoms with Crippen molar-refractivity contribution in [3.8, 4) is 17.1 Å². The first kappa shape index (κ1) is 24.4. The monoisotopic (exact) mass is 456 g/mol. The van der Waals surface area contributed by atoms with E-state index in [1.165, 1.54) is 32.1 Å². The smallest absolute Gasteiger partial charge is 0.416 e. The second-order valence-electron chi connectivity index (χ2n) is 7.92. The summed E-state index contributed by atoms with van der Waals surface area (Å²) >= 11 is 0. The number of carbonyl (C=O) groups is 1. The number of benzene rings is 2. The van der Waals surface area contributed by atoms with E-state index in [9.17, 15) is 18.0 Å². The van der Waals surface area contributed by atoms with Gasteiger partial charge in [-0.15, -0.1) is 0 Å². The molecule has 3 rings (SSSR count). The first-order valence-electron chi connectivity index (χ1n) is 11.2. The molecule has 174 valence electrons. The molecule has 4 nitrogen and oxygen atoms in total. The highest BCUT2D eigenvalue weighted by atomic mass is 19.4. The van der Waals surface area contributed by atoms with Crippen molar-refractivity contribution < 1.29 is 22.7 Å². The fourth-order valence-electron chi connectivity index (χ4n) is 3.38. The van der Waals surface area contributed by atoms with Crippen molar-refractivity contribution in [1.29, 1.82) is 0 Å². The summed E-state index contributed by atoms with van der Waals surface area (Å²) in [4.78, 5) is 21.1. The molecule has 3 aromatic rings. The van der Waals surface area contributed by atoms with E-state index in [1.807, 2.05) is 12.4 Å². The van der Waals surface area contributed by atoms with E-state index in [0.29, 0.717) is 5.82 Å². The van der Waals surface area contributed by atoms with Crippen molar-refractivity contribution in [2.75, 3.05) is 0 Å². The Bertz CT molecular complexity index is 1020. The van der Waals surface area contributed by atoms with E-state index < -0.39 is 17.7 Å². The first-order valence-corrected chi connectivity index (χ1v) is 11.2. The van der Waals surface area contributed by atoms with Gasteiger partial charge >= 0.3 is 12.1 Å². The highest BCUT2D eigenvalue weighted by Gasteiger charge is 2.30. The number of ether oxygens (including phenoxy) is 1. The van der Waals surface area contributed by atoms with E-state index >= 15 is 0 Å². The first-order chi connectivity index (χ1) is 15.9. The minimum Gasteiger partial charge on any atom is -0.423 e. The molecule has 0 spiro atoms. The van der Waals surface area contributed by atoms with Crippen molar-refractivity contribution in [1.82, 2.24) is 9.97 Å². The summed E-state index contributed by atoms with van der Waals surface area (Å²) in [6.45, 7) is 2.21. The lowest BCUT2D eigenvalue weighted by Gasteiger charge is -2.08. The summed E-state index contributed by atoms with van der Waals surface area (Å²) in [5, 5.41) is 0. The van der Waals surface area contributed by atoms with Crippen LogP contribution < -0.4 is 4.74 Å². The summed E-state index contributed by atoms with van der Waals surface area (Å²) in [6, 6.07) is 10.6. The molecule has 0 aliphatic rings. The van der Waals surface area contributed by atoms with Crippen LogP contribution in [0.4, 0.5) is 13.2 Å². The number of halogens is 3. The Kier molecular flexibility index (Phi) is 8.58. The van der Waals surface area contributed by atoms with Gasteiger partial charge in [-0.25, -0.2) is 14.8 Å². The Morgan fingerprint density at radius 3 is 2.06 bits per heavy atom. The van der Waals surface area contributed by atoms with E-state index in [-0.39, 0.29) is 11.3 Å². The van der Waals surface area contributed by atoms with Crippen LogP contribution in [0.5, 0.6) is 5.75 Å². The molecule has 0 atom stereocenters. The van der Waals surface area contributed by atoms with Gasteiger partial charge in [0.25, 0.3) is 0 Å². The average Bonchev–Trinajstić information content (AvgIpc) is 2.82. The van der Waals surface area contributed by atoms with E-state index in [2.05, 4.69) is 16.9 Å².